The van der Waals surface area contributed by atoms with Crippen molar-refractivity contribution in [1.29, 1.82) is 0 Å². The van der Waals surface area contributed by atoms with Gasteiger partial charge >= 0.3 is 47.6 Å². The molecule has 0 aliphatic heterocycles. The fourth-order valence-corrected chi connectivity index (χ4v) is 1.96. The van der Waals surface area contributed by atoms with Gasteiger partial charge in [0.15, 0.2) is 0 Å². The zero-order valence-corrected chi connectivity index (χ0v) is 17.7. The molecule has 0 radical (unpaired) electrons. The molecule has 1 N–H and O–H groups in total. The van der Waals surface area contributed by atoms with E-state index < -0.39 is 29.7 Å². The average molecular weight is 438 g/mol. The average Bonchev–Trinajstić information content (AvgIpc) is 2.59. The van der Waals surface area contributed by atoms with E-state index in [1.807, 2.05) is 0 Å². The number of amides is 1. The van der Waals surface area contributed by atoms with Gasteiger partial charge in [-0.3, -0.25) is 9.59 Å². The number of hydrogen-bond donors (Lipinski definition) is 1. The van der Waals surface area contributed by atoms with Crippen molar-refractivity contribution in [2.45, 2.75) is 53.8 Å². The van der Waals surface area contributed by atoms with Crippen LogP contribution in [-0.2, 0) is 19.1 Å². The van der Waals surface area contributed by atoms with Crippen LogP contribution in [0.1, 0.15) is 47.5 Å². The second-order valence-corrected chi connectivity index (χ2v) is 8.07. The third-order valence-electron chi connectivity index (χ3n) is 3.48. The molecular formula is C20H29ClNNaO6. The number of halogens is 1. The summed E-state index contributed by atoms with van der Waals surface area (Å²) in [5.41, 5.74) is -0.697. The number of alkyl carbamates (subject to hydrolysis) is 1. The molecule has 0 bridgehead atoms. The van der Waals surface area contributed by atoms with Crippen LogP contribution >= 0.6 is 11.6 Å². The first kappa shape index (κ1) is 27.7. The molecule has 0 aliphatic carbocycles. The summed E-state index contributed by atoms with van der Waals surface area (Å²) in [6.07, 6.45) is -1.21. The predicted molar refractivity (Wildman–Crippen MR) is 112 cm³/mol. The molecule has 0 aromatic heterocycles. The molecule has 1 aromatic carbocycles. The normalized spacial score (nSPS) is 11.8. The molecule has 0 heterocycles. The summed E-state index contributed by atoms with van der Waals surface area (Å²) in [5, 5.41) is 3.08. The van der Waals surface area contributed by atoms with E-state index in [4.69, 9.17) is 25.8 Å². The van der Waals surface area contributed by atoms with Crippen molar-refractivity contribution in [3.8, 4) is 5.75 Å². The van der Waals surface area contributed by atoms with Gasteiger partial charge in [-0.05, 0) is 51.5 Å². The zero-order valence-electron chi connectivity index (χ0n) is 16.9. The Morgan fingerprint density at radius 3 is 2.17 bits per heavy atom. The van der Waals surface area contributed by atoms with Gasteiger partial charge in [-0.2, -0.15) is 0 Å². The number of hydrogen-bond acceptors (Lipinski definition) is 6. The van der Waals surface area contributed by atoms with Crippen molar-refractivity contribution in [3.05, 3.63) is 29.3 Å². The van der Waals surface area contributed by atoms with Gasteiger partial charge in [-0.1, -0.05) is 25.4 Å². The summed E-state index contributed by atoms with van der Waals surface area (Å²) in [7, 11) is 0. The van der Waals surface area contributed by atoms with Gasteiger partial charge < -0.3 is 19.5 Å². The van der Waals surface area contributed by atoms with Crippen molar-refractivity contribution in [1.82, 2.24) is 5.32 Å². The third-order valence-corrected chi connectivity index (χ3v) is 3.73. The molecule has 0 saturated carbocycles. The van der Waals surface area contributed by atoms with Gasteiger partial charge in [0.25, 0.3) is 6.29 Å². The Bertz CT molecular complexity index is 673. The van der Waals surface area contributed by atoms with Crippen LogP contribution in [0.4, 0.5) is 4.79 Å². The first-order valence-corrected chi connectivity index (χ1v) is 9.48. The van der Waals surface area contributed by atoms with Crippen LogP contribution in [0, 0.1) is 11.3 Å². The number of benzene rings is 1. The van der Waals surface area contributed by atoms with Gasteiger partial charge in [0.05, 0.1) is 5.41 Å². The number of carbonyl (C=O) groups excluding carboxylic acids is 3. The molecule has 0 spiro atoms. The number of esters is 2. The summed E-state index contributed by atoms with van der Waals surface area (Å²) in [6.45, 7) is 8.93. The number of carbonyl (C=O) groups is 3. The van der Waals surface area contributed by atoms with Crippen molar-refractivity contribution in [3.63, 3.8) is 0 Å². The fraction of sp³-hybridized carbons (Fsp3) is 0.550. The molecular weight excluding hydrogens is 409 g/mol. The number of rotatable bonds is 8. The Labute approximate surface area is 199 Å². The minimum atomic E-state index is -0.985. The first-order valence-electron chi connectivity index (χ1n) is 9.11. The summed E-state index contributed by atoms with van der Waals surface area (Å²) in [6, 6.07) is 6.44. The van der Waals surface area contributed by atoms with Crippen LogP contribution in [0.15, 0.2) is 24.3 Å². The maximum absolute atomic E-state index is 12.0. The van der Waals surface area contributed by atoms with Crippen molar-refractivity contribution in [2.24, 2.45) is 11.3 Å². The van der Waals surface area contributed by atoms with Crippen molar-refractivity contribution < 1.29 is 28.6 Å². The van der Waals surface area contributed by atoms with Crippen molar-refractivity contribution >= 4 is 59.2 Å². The molecule has 0 fully saturated rings. The van der Waals surface area contributed by atoms with Crippen LogP contribution in [0.2, 0.25) is 5.02 Å². The van der Waals surface area contributed by atoms with E-state index in [0.29, 0.717) is 17.2 Å². The Morgan fingerprint density at radius 2 is 1.66 bits per heavy atom. The van der Waals surface area contributed by atoms with E-state index in [2.05, 4.69) is 5.32 Å². The molecule has 29 heavy (non-hydrogen) atoms. The predicted octanol–water partition coefficient (Wildman–Crippen LogP) is 3.67. The van der Waals surface area contributed by atoms with Crippen LogP contribution in [-0.4, -0.2) is 60.4 Å². The van der Waals surface area contributed by atoms with Gasteiger partial charge in [0.2, 0.25) is 0 Å². The second-order valence-electron chi connectivity index (χ2n) is 7.63. The van der Waals surface area contributed by atoms with E-state index in [1.165, 1.54) is 0 Å². The molecule has 1 amide bonds. The van der Waals surface area contributed by atoms with Gasteiger partial charge in [0.1, 0.15) is 5.75 Å². The Morgan fingerprint density at radius 1 is 1.07 bits per heavy atom. The van der Waals surface area contributed by atoms with E-state index in [1.54, 1.807) is 58.9 Å². The molecule has 1 aromatic rings. The Kier molecular flexibility index (Phi) is 12.5. The van der Waals surface area contributed by atoms with Crippen LogP contribution < -0.4 is 10.1 Å². The molecule has 1 unspecified atom stereocenters. The maximum atomic E-state index is 12.0. The van der Waals surface area contributed by atoms with Crippen molar-refractivity contribution in [2.75, 3.05) is 6.54 Å². The summed E-state index contributed by atoms with van der Waals surface area (Å²) in [4.78, 5) is 35.6. The second kappa shape index (κ2) is 13.1. The molecule has 7 nitrogen and oxygen atoms in total. The van der Waals surface area contributed by atoms with E-state index in [-0.39, 0.29) is 48.4 Å². The van der Waals surface area contributed by atoms with E-state index >= 15 is 0 Å². The van der Waals surface area contributed by atoms with E-state index in [0.717, 1.165) is 0 Å². The van der Waals surface area contributed by atoms with Crippen LogP contribution in [0.5, 0.6) is 5.75 Å². The van der Waals surface area contributed by atoms with Crippen LogP contribution in [0.3, 0.4) is 0 Å². The SMILES string of the molecule is CC(C)C(OC(=O)NCCCC(=O)Oc1ccc(Cl)cc1)OC(=O)C(C)(C)C.[NaH]. The topological polar surface area (TPSA) is 90.9 Å². The first-order chi connectivity index (χ1) is 13.0. The van der Waals surface area contributed by atoms with Crippen LogP contribution in [0.25, 0.3) is 0 Å². The number of ether oxygens (including phenoxy) is 3. The molecule has 9 heteroatoms. The van der Waals surface area contributed by atoms with Gasteiger partial charge in [-0.25, -0.2) is 4.79 Å². The molecule has 1 rings (SSSR count). The zero-order chi connectivity index (χ0) is 21.3. The fourth-order valence-electron chi connectivity index (χ4n) is 1.83. The quantitative estimate of drug-likeness (QED) is 0.219. The number of nitrogens with one attached hydrogen (secondary N) is 1. The minimum absolute atomic E-state index is 0. The van der Waals surface area contributed by atoms with Gasteiger partial charge in [-0.15, -0.1) is 0 Å². The molecule has 158 valence electrons. The third kappa shape index (κ3) is 11.5. The molecule has 0 saturated heterocycles. The standard InChI is InChI=1S/C20H28ClNO6.Na.H/c1-13(2)17(27-18(24)20(3,4)5)28-19(25)22-12-6-7-16(23)26-15-10-8-14(21)9-11-15;;/h8-11,13,17H,6-7,12H2,1-5H3,(H,22,25);;. The van der Waals surface area contributed by atoms with Gasteiger partial charge in [0, 0.05) is 23.9 Å². The summed E-state index contributed by atoms with van der Waals surface area (Å²) < 4.78 is 15.6. The van der Waals surface area contributed by atoms with E-state index in [9.17, 15) is 14.4 Å². The Balaban J connectivity index is 0.00000784. The molecule has 1 atom stereocenters. The summed E-state index contributed by atoms with van der Waals surface area (Å²) >= 11 is 5.77. The monoisotopic (exact) mass is 437 g/mol. The summed E-state index contributed by atoms with van der Waals surface area (Å²) in [5.74, 6) is -0.672. The Hall–Kier alpha value is -1.28. The molecule has 0 aliphatic rings.